The van der Waals surface area contributed by atoms with Crippen LogP contribution in [-0.4, -0.2) is 57.9 Å². The lowest BCUT2D eigenvalue weighted by Gasteiger charge is -2.31. The van der Waals surface area contributed by atoms with Gasteiger partial charge in [0.2, 0.25) is 11.5 Å². The summed E-state index contributed by atoms with van der Waals surface area (Å²) in [5.41, 5.74) is 2.58. The zero-order chi connectivity index (χ0) is 30.6. The maximum absolute atomic E-state index is 13.2. The molecule has 1 aliphatic heterocycles. The molecular formula is C26H32F4N4O6S. The summed E-state index contributed by atoms with van der Waals surface area (Å²) < 4.78 is 88.8. The van der Waals surface area contributed by atoms with E-state index in [9.17, 15) is 35.6 Å². The number of nitrogens with two attached hydrogens (primary N) is 1. The van der Waals surface area contributed by atoms with Crippen LogP contribution in [0.25, 0.3) is 0 Å². The highest BCUT2D eigenvalue weighted by molar-refractivity contribution is 7.92. The van der Waals surface area contributed by atoms with Crippen LogP contribution in [0.4, 0.5) is 33.7 Å². The average molecular weight is 605 g/mol. The lowest BCUT2D eigenvalue weighted by molar-refractivity contribution is -0.242. The summed E-state index contributed by atoms with van der Waals surface area (Å²) in [4.78, 5) is 22.9. The van der Waals surface area contributed by atoms with Gasteiger partial charge in [0.1, 0.15) is 18.2 Å². The van der Waals surface area contributed by atoms with Crippen molar-refractivity contribution in [2.75, 3.05) is 29.8 Å². The fourth-order valence-corrected chi connectivity index (χ4v) is 5.62. The average Bonchev–Trinajstić information content (AvgIpc) is 3.35. The van der Waals surface area contributed by atoms with Crippen LogP contribution >= 0.6 is 0 Å². The highest BCUT2D eigenvalue weighted by Crippen LogP contribution is 2.38. The van der Waals surface area contributed by atoms with Gasteiger partial charge in [-0.2, -0.15) is 13.2 Å². The standard InChI is InChI=1S/C19H18F4N2O5S.C7H14N2O/c1-18(2,19(21,22)23)30-17(26)24-13-5-8-16-15(11-13)25(9-10-29-16)31(27,28)14-6-3-12(20)4-7-14;1-9-6(10)7(8)4-2-3-5-7/h3-8,11H,9-10H2,1-2H3,(H,24,26);2-5,8H2,1H3,(H,9,10). The Kier molecular flexibility index (Phi) is 9.43. The van der Waals surface area contributed by atoms with E-state index in [4.69, 9.17) is 10.5 Å². The number of hydrogen-bond donors (Lipinski definition) is 3. The largest absolute Gasteiger partial charge is 0.489 e. The number of rotatable bonds is 5. The Bertz CT molecular complexity index is 1360. The second-order valence-corrected chi connectivity index (χ2v) is 11.9. The molecule has 15 heteroatoms. The number of likely N-dealkylation sites (N-methyl/N-ethyl adjacent to an activating group) is 1. The molecule has 0 aromatic heterocycles. The molecule has 0 bridgehead atoms. The van der Waals surface area contributed by atoms with Crippen molar-refractivity contribution in [3.63, 3.8) is 0 Å². The van der Waals surface area contributed by atoms with Crippen LogP contribution in [0.1, 0.15) is 39.5 Å². The Labute approximate surface area is 235 Å². The summed E-state index contributed by atoms with van der Waals surface area (Å²) in [6.07, 6.45) is -2.30. The quantitative estimate of drug-likeness (QED) is 0.432. The first-order valence-electron chi connectivity index (χ1n) is 12.6. The minimum Gasteiger partial charge on any atom is -0.489 e. The van der Waals surface area contributed by atoms with Gasteiger partial charge in [-0.15, -0.1) is 0 Å². The number of amides is 2. The number of halogens is 4. The molecule has 0 unspecified atom stereocenters. The zero-order valence-electron chi connectivity index (χ0n) is 22.7. The number of alkyl halides is 3. The van der Waals surface area contributed by atoms with E-state index in [2.05, 4.69) is 15.4 Å². The van der Waals surface area contributed by atoms with Gasteiger partial charge in [-0.1, -0.05) is 12.8 Å². The van der Waals surface area contributed by atoms with E-state index in [0.29, 0.717) is 13.8 Å². The summed E-state index contributed by atoms with van der Waals surface area (Å²) in [7, 11) is -2.46. The molecule has 226 valence electrons. The normalized spacial score (nSPS) is 16.4. The van der Waals surface area contributed by atoms with E-state index in [1.54, 1.807) is 7.05 Å². The maximum atomic E-state index is 13.2. The Balaban J connectivity index is 0.000000389. The molecule has 0 spiro atoms. The smallest absolute Gasteiger partial charge is 0.427 e. The van der Waals surface area contributed by atoms with Gasteiger partial charge in [-0.25, -0.2) is 17.6 Å². The predicted molar refractivity (Wildman–Crippen MR) is 143 cm³/mol. The molecule has 2 aromatic carbocycles. The number of sulfonamides is 1. The molecule has 41 heavy (non-hydrogen) atoms. The number of nitrogens with one attached hydrogen (secondary N) is 2. The molecule has 1 saturated carbocycles. The molecule has 10 nitrogen and oxygen atoms in total. The third kappa shape index (κ3) is 7.38. The molecule has 1 heterocycles. The predicted octanol–water partition coefficient (Wildman–Crippen LogP) is 4.31. The van der Waals surface area contributed by atoms with Gasteiger partial charge in [0, 0.05) is 12.7 Å². The summed E-state index contributed by atoms with van der Waals surface area (Å²) in [5, 5.41) is 4.74. The molecule has 4 N–H and O–H groups in total. The van der Waals surface area contributed by atoms with E-state index < -0.39 is 39.3 Å². The van der Waals surface area contributed by atoms with Gasteiger partial charge < -0.3 is 20.5 Å². The van der Waals surface area contributed by atoms with Crippen molar-refractivity contribution < 1.29 is 45.0 Å². The molecule has 1 aliphatic carbocycles. The van der Waals surface area contributed by atoms with Crippen molar-refractivity contribution in [3.05, 3.63) is 48.3 Å². The molecule has 2 aromatic rings. The fourth-order valence-electron chi connectivity index (χ4n) is 4.17. The summed E-state index contributed by atoms with van der Waals surface area (Å²) >= 11 is 0. The molecule has 0 radical (unpaired) electrons. The fraction of sp³-hybridized carbons (Fsp3) is 0.462. The molecule has 1 fully saturated rings. The topological polar surface area (TPSA) is 140 Å². The minimum absolute atomic E-state index is 0.00784. The second kappa shape index (κ2) is 12.1. The number of fused-ring (bicyclic) bond motifs is 1. The molecule has 0 atom stereocenters. The van der Waals surface area contributed by atoms with Gasteiger partial charge in [-0.05, 0) is 69.2 Å². The van der Waals surface area contributed by atoms with Crippen LogP contribution in [0.15, 0.2) is 47.4 Å². The number of nitrogens with zero attached hydrogens (tertiary/aromatic N) is 1. The summed E-state index contributed by atoms with van der Waals surface area (Å²) in [6, 6.07) is 8.16. The van der Waals surface area contributed by atoms with Crippen molar-refractivity contribution >= 4 is 33.4 Å². The summed E-state index contributed by atoms with van der Waals surface area (Å²) in [6.45, 7) is 1.37. The van der Waals surface area contributed by atoms with Crippen molar-refractivity contribution in [1.82, 2.24) is 5.32 Å². The van der Waals surface area contributed by atoms with Crippen molar-refractivity contribution in [1.29, 1.82) is 0 Å². The van der Waals surface area contributed by atoms with Crippen molar-refractivity contribution in [2.24, 2.45) is 5.73 Å². The van der Waals surface area contributed by atoms with Gasteiger partial charge in [0.15, 0.2) is 0 Å². The zero-order valence-corrected chi connectivity index (χ0v) is 23.5. The number of anilines is 2. The van der Waals surface area contributed by atoms with Crippen LogP contribution < -0.4 is 25.4 Å². The third-order valence-corrected chi connectivity index (χ3v) is 8.46. The van der Waals surface area contributed by atoms with Crippen LogP contribution in [0, 0.1) is 5.82 Å². The van der Waals surface area contributed by atoms with Crippen molar-refractivity contribution in [3.8, 4) is 5.75 Å². The summed E-state index contributed by atoms with van der Waals surface area (Å²) in [5.74, 6) is -0.426. The number of ether oxygens (including phenoxy) is 2. The Morgan fingerprint density at radius 1 is 1.07 bits per heavy atom. The number of benzene rings is 2. The first-order chi connectivity index (χ1) is 19.0. The minimum atomic E-state index is -4.78. The van der Waals surface area contributed by atoms with E-state index in [-0.39, 0.29) is 41.1 Å². The van der Waals surface area contributed by atoms with Crippen LogP contribution in [0.2, 0.25) is 0 Å². The SMILES string of the molecule is CC(C)(OC(=O)Nc1ccc2c(c1)N(S(=O)(=O)c1ccc(F)cc1)CCO2)C(F)(F)F.CNC(=O)C1(N)CCCC1. The van der Waals surface area contributed by atoms with Crippen molar-refractivity contribution in [2.45, 2.75) is 61.7 Å². The monoisotopic (exact) mass is 604 g/mol. The van der Waals surface area contributed by atoms with E-state index >= 15 is 0 Å². The van der Waals surface area contributed by atoms with E-state index in [1.165, 1.54) is 18.2 Å². The van der Waals surface area contributed by atoms with Crippen LogP contribution in [0.3, 0.4) is 0 Å². The van der Waals surface area contributed by atoms with Crippen LogP contribution in [0.5, 0.6) is 5.75 Å². The molecular weight excluding hydrogens is 572 g/mol. The van der Waals surface area contributed by atoms with Crippen LogP contribution in [-0.2, 0) is 19.6 Å². The van der Waals surface area contributed by atoms with Gasteiger partial charge in [0.25, 0.3) is 10.0 Å². The first-order valence-corrected chi connectivity index (χ1v) is 14.1. The Morgan fingerprint density at radius 3 is 2.24 bits per heavy atom. The molecule has 2 amide bonds. The number of hydrogen-bond acceptors (Lipinski definition) is 7. The maximum Gasteiger partial charge on any atom is 0.427 e. The first kappa shape index (κ1) is 31.9. The van der Waals surface area contributed by atoms with Gasteiger partial charge in [0.05, 0.1) is 22.7 Å². The Hall–Kier alpha value is -3.59. The van der Waals surface area contributed by atoms with E-state index in [1.807, 2.05) is 0 Å². The number of carbonyl (C=O) groups excluding carboxylic acids is 2. The highest BCUT2D eigenvalue weighted by Gasteiger charge is 2.51. The molecule has 4 rings (SSSR count). The third-order valence-electron chi connectivity index (χ3n) is 6.63. The lowest BCUT2D eigenvalue weighted by Crippen LogP contribution is -2.50. The van der Waals surface area contributed by atoms with Gasteiger partial charge >= 0.3 is 12.3 Å². The second-order valence-electron chi connectivity index (χ2n) is 10.0. The molecule has 0 saturated heterocycles. The van der Waals surface area contributed by atoms with E-state index in [0.717, 1.165) is 54.3 Å². The molecule has 2 aliphatic rings. The highest BCUT2D eigenvalue weighted by atomic mass is 32.2. The lowest BCUT2D eigenvalue weighted by atomic mass is 9.98. The number of carbonyl (C=O) groups is 2. The Morgan fingerprint density at radius 2 is 1.68 bits per heavy atom. The van der Waals surface area contributed by atoms with Gasteiger partial charge in [-0.3, -0.25) is 14.4 Å².